The fraction of sp³-hybridized carbons (Fsp3) is 0. The maximum Gasteiger partial charge on any atom is -0.00218 e. The molecule has 0 atom stereocenters. The zero-order valence-electron chi connectivity index (χ0n) is 9.27. The first-order chi connectivity index (χ1) is 8.43. The van der Waals surface area contributed by atoms with E-state index >= 15 is 0 Å². The quantitative estimate of drug-likeness (QED) is 0.295. The lowest BCUT2D eigenvalue weighted by molar-refractivity contribution is 1.70. The van der Waals surface area contributed by atoms with Crippen LogP contribution in [0.15, 0.2) is 54.3 Å². The third-order valence-electron chi connectivity index (χ3n) is 3.47. The van der Waals surface area contributed by atoms with Crippen molar-refractivity contribution in [3.05, 3.63) is 65.4 Å². The fourth-order valence-electron chi connectivity index (χ4n) is 2.63. The third kappa shape index (κ3) is 1.13. The Morgan fingerprint density at radius 3 is 2.53 bits per heavy atom. The number of hydrogen-bond donors (Lipinski definition) is 0. The van der Waals surface area contributed by atoms with Gasteiger partial charge in [0, 0.05) is 0 Å². The molecular weight excluding hydrogens is 204 g/mol. The number of rotatable bonds is 0. The van der Waals surface area contributed by atoms with Gasteiger partial charge < -0.3 is 0 Å². The summed E-state index contributed by atoms with van der Waals surface area (Å²) < 4.78 is 0. The van der Waals surface area contributed by atoms with E-state index < -0.39 is 0 Å². The van der Waals surface area contributed by atoms with Crippen LogP contribution in [-0.2, 0) is 0 Å². The highest BCUT2D eigenvalue weighted by atomic mass is 14.1. The summed E-state index contributed by atoms with van der Waals surface area (Å²) in [5, 5.41) is 5.28. The van der Waals surface area contributed by atoms with Crippen molar-refractivity contribution in [2.45, 2.75) is 0 Å². The second-order valence-electron chi connectivity index (χ2n) is 4.41. The average molecular weight is 214 g/mol. The molecule has 0 aromatic heterocycles. The zero-order chi connectivity index (χ0) is 11.2. The highest BCUT2D eigenvalue weighted by molar-refractivity contribution is 6.11. The van der Waals surface area contributed by atoms with Gasteiger partial charge in [0.15, 0.2) is 0 Å². The molecular formula is C17H10. The summed E-state index contributed by atoms with van der Waals surface area (Å²) in [5.74, 6) is 0. The molecule has 0 nitrogen and oxygen atoms in total. The van der Waals surface area contributed by atoms with Crippen LogP contribution in [0.25, 0.3) is 33.7 Å². The SMILES string of the molecule is C1=Cc2ccc3c(ccc4ccccc43)c2C=1. The van der Waals surface area contributed by atoms with Gasteiger partial charge in [0.05, 0.1) is 0 Å². The molecule has 0 bridgehead atoms. The van der Waals surface area contributed by atoms with Crippen LogP contribution < -0.4 is 0 Å². The molecule has 0 unspecified atom stereocenters. The summed E-state index contributed by atoms with van der Waals surface area (Å²) >= 11 is 0. The molecule has 0 aliphatic heterocycles. The van der Waals surface area contributed by atoms with E-state index in [0.29, 0.717) is 0 Å². The number of hydrogen-bond acceptors (Lipinski definition) is 0. The Balaban J connectivity index is 2.26. The smallest absolute Gasteiger partial charge is 0.00218 e. The summed E-state index contributed by atoms with van der Waals surface area (Å²) in [7, 11) is 0. The van der Waals surface area contributed by atoms with E-state index in [2.05, 4.69) is 60.3 Å². The van der Waals surface area contributed by atoms with Crippen LogP contribution in [0, 0.1) is 0 Å². The molecule has 0 N–H and O–H groups in total. The first-order valence-corrected chi connectivity index (χ1v) is 5.80. The van der Waals surface area contributed by atoms with E-state index in [-0.39, 0.29) is 0 Å². The van der Waals surface area contributed by atoms with Gasteiger partial charge in [-0.25, -0.2) is 0 Å². The van der Waals surface area contributed by atoms with Crippen molar-refractivity contribution in [1.82, 2.24) is 0 Å². The van der Waals surface area contributed by atoms with Crippen LogP contribution >= 0.6 is 0 Å². The Hall–Kier alpha value is -2.30. The van der Waals surface area contributed by atoms with E-state index in [1.54, 1.807) is 0 Å². The zero-order valence-corrected chi connectivity index (χ0v) is 9.27. The van der Waals surface area contributed by atoms with E-state index in [1.165, 1.54) is 32.7 Å². The summed E-state index contributed by atoms with van der Waals surface area (Å²) in [5.41, 5.74) is 5.75. The summed E-state index contributed by atoms with van der Waals surface area (Å²) in [4.78, 5) is 0. The summed E-state index contributed by atoms with van der Waals surface area (Å²) in [6.45, 7) is 0. The van der Waals surface area contributed by atoms with E-state index in [1.807, 2.05) is 6.08 Å². The maximum absolute atomic E-state index is 3.18. The molecule has 4 rings (SSSR count). The Labute approximate surface area is 99.5 Å². The molecule has 0 radical (unpaired) electrons. The number of benzene rings is 3. The molecule has 1 aliphatic carbocycles. The van der Waals surface area contributed by atoms with Crippen molar-refractivity contribution >= 4 is 33.7 Å². The van der Waals surface area contributed by atoms with Crippen LogP contribution in [0.2, 0.25) is 0 Å². The van der Waals surface area contributed by atoms with Crippen LogP contribution in [0.4, 0.5) is 0 Å². The highest BCUT2D eigenvalue weighted by Gasteiger charge is 2.08. The lowest BCUT2D eigenvalue weighted by atomic mass is 9.96. The van der Waals surface area contributed by atoms with Gasteiger partial charge in [-0.2, -0.15) is 0 Å². The Bertz CT molecular complexity index is 816. The molecule has 0 heterocycles. The largest absolute Gasteiger partial charge is 0.120 e. The Morgan fingerprint density at radius 1 is 0.647 bits per heavy atom. The van der Waals surface area contributed by atoms with Crippen LogP contribution in [0.1, 0.15) is 11.1 Å². The van der Waals surface area contributed by atoms with Gasteiger partial charge in [-0.05, 0) is 44.8 Å². The molecule has 0 amide bonds. The first kappa shape index (κ1) is 8.81. The van der Waals surface area contributed by atoms with Crippen molar-refractivity contribution in [3.8, 4) is 0 Å². The normalized spacial score (nSPS) is 12.5. The minimum absolute atomic E-state index is 1.27. The lowest BCUT2D eigenvalue weighted by Gasteiger charge is -2.07. The molecule has 0 fully saturated rings. The van der Waals surface area contributed by atoms with Gasteiger partial charge in [0.2, 0.25) is 0 Å². The summed E-state index contributed by atoms with van der Waals surface area (Å²) in [6, 6.07) is 17.4. The molecule has 3 aromatic rings. The minimum Gasteiger partial charge on any atom is -0.120 e. The van der Waals surface area contributed by atoms with Crippen LogP contribution in [0.3, 0.4) is 0 Å². The van der Waals surface area contributed by atoms with Gasteiger partial charge in [-0.3, -0.25) is 0 Å². The third-order valence-corrected chi connectivity index (χ3v) is 3.47. The molecule has 3 aromatic carbocycles. The Morgan fingerprint density at radius 2 is 1.53 bits per heavy atom. The van der Waals surface area contributed by atoms with Crippen molar-refractivity contribution in [2.24, 2.45) is 0 Å². The topological polar surface area (TPSA) is 0 Å². The maximum atomic E-state index is 3.18. The molecule has 0 heteroatoms. The average Bonchev–Trinajstić information content (AvgIpc) is 2.86. The predicted molar refractivity (Wildman–Crippen MR) is 73.9 cm³/mol. The lowest BCUT2D eigenvalue weighted by Crippen LogP contribution is -1.83. The number of fused-ring (bicyclic) bond motifs is 5. The molecule has 1 aliphatic rings. The highest BCUT2D eigenvalue weighted by Crippen LogP contribution is 2.32. The standard InChI is InChI=1S/C17H10/c1-2-6-14-12(4-1)8-10-17-15-7-3-5-13(15)9-11-16(14)17/h1-2,4-11H. The van der Waals surface area contributed by atoms with Gasteiger partial charge in [-0.1, -0.05) is 48.5 Å². The van der Waals surface area contributed by atoms with E-state index in [0.717, 1.165) is 0 Å². The fourth-order valence-corrected chi connectivity index (χ4v) is 2.63. The first-order valence-electron chi connectivity index (χ1n) is 5.80. The van der Waals surface area contributed by atoms with E-state index in [9.17, 15) is 0 Å². The molecule has 0 saturated carbocycles. The van der Waals surface area contributed by atoms with Crippen molar-refractivity contribution in [2.75, 3.05) is 0 Å². The van der Waals surface area contributed by atoms with Crippen LogP contribution in [-0.4, -0.2) is 0 Å². The Kier molecular flexibility index (Phi) is 1.61. The van der Waals surface area contributed by atoms with E-state index in [4.69, 9.17) is 0 Å². The van der Waals surface area contributed by atoms with Crippen molar-refractivity contribution in [3.63, 3.8) is 0 Å². The van der Waals surface area contributed by atoms with Crippen molar-refractivity contribution < 1.29 is 0 Å². The van der Waals surface area contributed by atoms with Gasteiger partial charge in [0.1, 0.15) is 0 Å². The predicted octanol–water partition coefficient (Wildman–Crippen LogP) is 4.63. The summed E-state index contributed by atoms with van der Waals surface area (Å²) in [6.07, 6.45) is 4.12. The van der Waals surface area contributed by atoms with Crippen LogP contribution in [0.5, 0.6) is 0 Å². The minimum atomic E-state index is 1.27. The molecule has 78 valence electrons. The second kappa shape index (κ2) is 3.10. The molecule has 0 saturated heterocycles. The van der Waals surface area contributed by atoms with Crippen molar-refractivity contribution in [1.29, 1.82) is 0 Å². The van der Waals surface area contributed by atoms with Gasteiger partial charge in [0.25, 0.3) is 0 Å². The molecule has 17 heavy (non-hydrogen) atoms. The van der Waals surface area contributed by atoms with Gasteiger partial charge in [-0.15, -0.1) is 5.73 Å². The molecule has 0 spiro atoms. The monoisotopic (exact) mass is 214 g/mol. The van der Waals surface area contributed by atoms with Gasteiger partial charge >= 0.3 is 0 Å². The second-order valence-corrected chi connectivity index (χ2v) is 4.41.